The predicted molar refractivity (Wildman–Crippen MR) is 74.4 cm³/mol. The van der Waals surface area contributed by atoms with Crippen LogP contribution < -0.4 is 16.9 Å². The number of nitrogens with two attached hydrogens (primary N) is 1. The molecular formula is C12H11N5O2S. The van der Waals surface area contributed by atoms with Crippen molar-refractivity contribution in [3.05, 3.63) is 44.5 Å². The minimum absolute atomic E-state index is 0.207. The van der Waals surface area contributed by atoms with E-state index in [0.717, 1.165) is 4.90 Å². The summed E-state index contributed by atoms with van der Waals surface area (Å²) in [5.41, 5.74) is 5.42. The highest BCUT2D eigenvalue weighted by atomic mass is 32.2. The first-order valence-corrected chi connectivity index (χ1v) is 6.43. The lowest BCUT2D eigenvalue weighted by atomic mass is 10.1. The first kappa shape index (κ1) is 13.9. The molecule has 0 spiro atoms. The van der Waals surface area contributed by atoms with Gasteiger partial charge in [-0.15, -0.1) is 0 Å². The Hall–Kier alpha value is -2.53. The maximum absolute atomic E-state index is 11.3. The second-order valence-corrected chi connectivity index (χ2v) is 5.04. The number of aromatic amines is 1. The fourth-order valence-corrected chi connectivity index (χ4v) is 2.40. The highest BCUT2D eigenvalue weighted by Gasteiger charge is 2.08. The Balaban J connectivity index is 2.38. The minimum Gasteiger partial charge on any atom is -0.398 e. The number of nitrogen functional groups attached to an aromatic ring is 1. The van der Waals surface area contributed by atoms with Crippen LogP contribution >= 0.6 is 11.8 Å². The summed E-state index contributed by atoms with van der Waals surface area (Å²) < 4.78 is 1.37. The van der Waals surface area contributed by atoms with E-state index in [-0.39, 0.29) is 6.42 Å². The van der Waals surface area contributed by atoms with Gasteiger partial charge in [-0.25, -0.2) is 0 Å². The molecule has 1 aromatic carbocycles. The molecule has 20 heavy (non-hydrogen) atoms. The van der Waals surface area contributed by atoms with Gasteiger partial charge in [0.05, 0.1) is 12.5 Å². The minimum atomic E-state index is -0.835. The quantitative estimate of drug-likeness (QED) is 0.618. The maximum Gasteiger partial charge on any atom is 0.339 e. The van der Waals surface area contributed by atoms with Gasteiger partial charge in [0.1, 0.15) is 0 Å². The maximum atomic E-state index is 11.3. The summed E-state index contributed by atoms with van der Waals surface area (Å²) >= 11 is 1.20. The van der Waals surface area contributed by atoms with E-state index in [2.05, 4.69) is 10.1 Å². The lowest BCUT2D eigenvalue weighted by Gasteiger charge is -2.08. The Morgan fingerprint density at radius 2 is 2.25 bits per heavy atom. The van der Waals surface area contributed by atoms with Crippen molar-refractivity contribution >= 4 is 17.4 Å². The molecule has 0 fully saturated rings. The summed E-state index contributed by atoms with van der Waals surface area (Å²) in [5.74, 6) is 0. The summed E-state index contributed by atoms with van der Waals surface area (Å²) in [6, 6.07) is 7.26. The zero-order valence-corrected chi connectivity index (χ0v) is 11.4. The highest BCUT2D eigenvalue weighted by Crippen LogP contribution is 2.27. The molecule has 2 rings (SSSR count). The molecule has 0 amide bonds. The van der Waals surface area contributed by atoms with E-state index in [1.807, 2.05) is 6.07 Å². The molecule has 0 saturated carbocycles. The van der Waals surface area contributed by atoms with Crippen molar-refractivity contribution < 1.29 is 0 Å². The van der Waals surface area contributed by atoms with Crippen molar-refractivity contribution in [2.45, 2.75) is 16.5 Å². The Labute approximate surface area is 118 Å². The second-order valence-electron chi connectivity index (χ2n) is 4.00. The number of hydrogen-bond acceptors (Lipinski definition) is 6. The normalized spacial score (nSPS) is 10.2. The van der Waals surface area contributed by atoms with Gasteiger partial charge in [-0.05, 0) is 23.8 Å². The zero-order chi connectivity index (χ0) is 14.7. The van der Waals surface area contributed by atoms with Gasteiger partial charge in [-0.3, -0.25) is 19.4 Å². The topological polar surface area (TPSA) is 118 Å². The van der Waals surface area contributed by atoms with Gasteiger partial charge >= 0.3 is 11.1 Å². The summed E-state index contributed by atoms with van der Waals surface area (Å²) in [6.07, 6.45) is 0.207. The Morgan fingerprint density at radius 1 is 1.50 bits per heavy atom. The van der Waals surface area contributed by atoms with Crippen LogP contribution in [0.1, 0.15) is 5.56 Å². The average Bonchev–Trinajstić information content (AvgIpc) is 2.40. The number of benzene rings is 1. The Bertz CT molecular complexity index is 803. The molecule has 0 radical (unpaired) electrons. The van der Waals surface area contributed by atoms with Crippen molar-refractivity contribution in [1.82, 2.24) is 14.8 Å². The molecule has 102 valence electrons. The van der Waals surface area contributed by atoms with Gasteiger partial charge in [0.2, 0.25) is 0 Å². The molecule has 0 aliphatic rings. The number of nitrogens with one attached hydrogen (secondary N) is 1. The van der Waals surface area contributed by atoms with Gasteiger partial charge in [0.25, 0.3) is 0 Å². The number of anilines is 1. The molecule has 0 saturated heterocycles. The van der Waals surface area contributed by atoms with E-state index >= 15 is 0 Å². The van der Waals surface area contributed by atoms with Gasteiger partial charge < -0.3 is 5.73 Å². The second kappa shape index (κ2) is 5.63. The number of rotatable bonds is 3. The third-order valence-electron chi connectivity index (χ3n) is 2.54. The van der Waals surface area contributed by atoms with Crippen LogP contribution in [-0.4, -0.2) is 14.8 Å². The van der Waals surface area contributed by atoms with Crippen molar-refractivity contribution in [1.29, 1.82) is 5.26 Å². The van der Waals surface area contributed by atoms with E-state index in [1.165, 1.54) is 16.4 Å². The molecule has 0 unspecified atom stereocenters. The monoisotopic (exact) mass is 289 g/mol. The lowest BCUT2D eigenvalue weighted by Crippen LogP contribution is -2.33. The Kier molecular flexibility index (Phi) is 3.91. The first-order chi connectivity index (χ1) is 9.51. The number of nitrogens with zero attached hydrogens (tertiary/aromatic N) is 3. The van der Waals surface area contributed by atoms with Crippen LogP contribution in [0.2, 0.25) is 0 Å². The van der Waals surface area contributed by atoms with Crippen molar-refractivity contribution in [2.75, 3.05) is 5.73 Å². The fraction of sp³-hybridized carbons (Fsp3) is 0.167. The lowest BCUT2D eigenvalue weighted by molar-refractivity contribution is 0.596. The van der Waals surface area contributed by atoms with E-state index in [0.29, 0.717) is 16.4 Å². The standard InChI is InChI=1S/C12H11N5O2S/c1-17-12(15-10(18)11(19)16-17)20-8-2-3-9(14)7(6-8)4-5-13/h2-3,6H,4,14H2,1H3,(H,16,19). The molecule has 1 heterocycles. The van der Waals surface area contributed by atoms with Crippen molar-refractivity contribution in [2.24, 2.45) is 7.05 Å². The number of hydrogen-bond donors (Lipinski definition) is 2. The molecule has 0 bridgehead atoms. The third kappa shape index (κ3) is 2.89. The van der Waals surface area contributed by atoms with Crippen LogP contribution in [0.4, 0.5) is 5.69 Å². The number of aromatic nitrogens is 3. The summed E-state index contributed by atoms with van der Waals surface area (Å²) in [6.45, 7) is 0. The summed E-state index contributed by atoms with van der Waals surface area (Å²) in [4.78, 5) is 26.8. The molecule has 0 aliphatic heterocycles. The molecular weight excluding hydrogens is 278 g/mol. The molecule has 0 aliphatic carbocycles. The number of aryl methyl sites for hydroxylation is 1. The number of nitriles is 1. The Morgan fingerprint density at radius 3 is 2.95 bits per heavy atom. The van der Waals surface area contributed by atoms with E-state index in [9.17, 15) is 9.59 Å². The van der Waals surface area contributed by atoms with Crippen LogP contribution in [0.25, 0.3) is 0 Å². The smallest absolute Gasteiger partial charge is 0.339 e. The molecule has 8 heteroatoms. The molecule has 1 aromatic heterocycles. The van der Waals surface area contributed by atoms with Gasteiger partial charge in [0, 0.05) is 17.6 Å². The van der Waals surface area contributed by atoms with E-state index < -0.39 is 11.1 Å². The van der Waals surface area contributed by atoms with Crippen molar-refractivity contribution in [3.8, 4) is 6.07 Å². The first-order valence-electron chi connectivity index (χ1n) is 5.62. The third-order valence-corrected chi connectivity index (χ3v) is 3.58. The van der Waals surface area contributed by atoms with Gasteiger partial charge in [-0.2, -0.15) is 10.2 Å². The molecule has 2 aromatic rings. The predicted octanol–water partition coefficient (Wildman–Crippen LogP) is 0.268. The van der Waals surface area contributed by atoms with E-state index in [4.69, 9.17) is 11.0 Å². The number of H-pyrrole nitrogens is 1. The highest BCUT2D eigenvalue weighted by molar-refractivity contribution is 7.99. The van der Waals surface area contributed by atoms with E-state index in [1.54, 1.807) is 25.2 Å². The van der Waals surface area contributed by atoms with Crippen LogP contribution in [0.5, 0.6) is 0 Å². The van der Waals surface area contributed by atoms with Gasteiger partial charge in [-0.1, -0.05) is 11.8 Å². The van der Waals surface area contributed by atoms with Gasteiger partial charge in [0.15, 0.2) is 5.16 Å². The average molecular weight is 289 g/mol. The largest absolute Gasteiger partial charge is 0.398 e. The SMILES string of the molecule is Cn1[nH]c(=O)c(=O)nc1Sc1ccc(N)c(CC#N)c1. The summed E-state index contributed by atoms with van der Waals surface area (Å²) in [5, 5.41) is 11.4. The van der Waals surface area contributed by atoms with Crippen LogP contribution in [-0.2, 0) is 13.5 Å². The molecule has 3 N–H and O–H groups in total. The van der Waals surface area contributed by atoms with Crippen LogP contribution in [0, 0.1) is 11.3 Å². The zero-order valence-electron chi connectivity index (χ0n) is 10.6. The summed E-state index contributed by atoms with van der Waals surface area (Å²) in [7, 11) is 1.59. The van der Waals surface area contributed by atoms with Crippen molar-refractivity contribution in [3.63, 3.8) is 0 Å². The van der Waals surface area contributed by atoms with Crippen LogP contribution in [0.15, 0.2) is 37.8 Å². The molecule has 0 atom stereocenters. The fourth-order valence-electron chi connectivity index (χ4n) is 1.54. The van der Waals surface area contributed by atoms with Crippen LogP contribution in [0.3, 0.4) is 0 Å². The molecule has 7 nitrogen and oxygen atoms in total.